The van der Waals surface area contributed by atoms with E-state index in [0.29, 0.717) is 25.9 Å². The summed E-state index contributed by atoms with van der Waals surface area (Å²) in [7, 11) is -3.53. The third-order valence-corrected chi connectivity index (χ3v) is 9.86. The molecule has 1 aromatic rings. The molecule has 2 rings (SSSR count). The predicted molar refractivity (Wildman–Crippen MR) is 165 cm³/mol. The molecule has 12 heteroatoms. The quantitative estimate of drug-likeness (QED) is 0.121. The van der Waals surface area contributed by atoms with Gasteiger partial charge in [0.05, 0.1) is 6.61 Å². The van der Waals surface area contributed by atoms with Gasteiger partial charge in [0, 0.05) is 44.7 Å². The van der Waals surface area contributed by atoms with Crippen LogP contribution in [-0.2, 0) is 34.6 Å². The Morgan fingerprint density at radius 2 is 1.53 bits per heavy atom. The van der Waals surface area contributed by atoms with Gasteiger partial charge in [-0.1, -0.05) is 6.07 Å². The summed E-state index contributed by atoms with van der Waals surface area (Å²) in [5, 5.41) is -1.43. The Hall–Kier alpha value is -2.49. The average molecular weight is 626 g/mol. The molecule has 1 aromatic heterocycles. The molecular weight excluding hydrogens is 573 g/mol. The zero-order valence-electron chi connectivity index (χ0n) is 27.7. The number of amides is 2. The number of carbonyl (C=O) groups excluding carboxylic acids is 3. The highest BCUT2D eigenvalue weighted by Gasteiger charge is 2.59. The van der Waals surface area contributed by atoms with Crippen LogP contribution >= 0.6 is 7.37 Å². The number of esters is 1. The van der Waals surface area contributed by atoms with E-state index in [9.17, 15) is 18.9 Å². The number of hydrogen-bond acceptors (Lipinski definition) is 10. The molecule has 1 aliphatic heterocycles. The molecule has 0 spiro atoms. The molecule has 2 heterocycles. The number of pyridine rings is 1. The highest BCUT2D eigenvalue weighted by molar-refractivity contribution is 7.62. The second kappa shape index (κ2) is 14.5. The van der Waals surface area contributed by atoms with Crippen LogP contribution in [0.4, 0.5) is 9.59 Å². The highest BCUT2D eigenvalue weighted by atomic mass is 31.2. The monoisotopic (exact) mass is 625 g/mol. The maximum absolute atomic E-state index is 14.5. The van der Waals surface area contributed by atoms with E-state index >= 15 is 0 Å². The smallest absolute Gasteiger partial charge is 0.419 e. The predicted octanol–water partition coefficient (Wildman–Crippen LogP) is 6.63. The topological polar surface area (TPSA) is 125 Å². The van der Waals surface area contributed by atoms with Crippen LogP contribution in [0.25, 0.3) is 0 Å². The Morgan fingerprint density at radius 3 is 2.02 bits per heavy atom. The van der Waals surface area contributed by atoms with E-state index in [1.165, 1.54) is 0 Å². The molecule has 1 fully saturated rings. The van der Waals surface area contributed by atoms with E-state index in [0.717, 1.165) is 10.5 Å². The van der Waals surface area contributed by atoms with Gasteiger partial charge in [0.25, 0.3) is 0 Å². The van der Waals surface area contributed by atoms with E-state index < -0.39 is 47.5 Å². The van der Waals surface area contributed by atoms with Gasteiger partial charge in [0.2, 0.25) is 7.37 Å². The molecule has 244 valence electrons. The maximum Gasteiger partial charge on any atom is 0.419 e. The van der Waals surface area contributed by atoms with Crippen molar-refractivity contribution >= 4 is 25.5 Å². The third kappa shape index (κ3) is 11.2. The van der Waals surface area contributed by atoms with Gasteiger partial charge in [0.1, 0.15) is 16.8 Å². The summed E-state index contributed by atoms with van der Waals surface area (Å²) in [4.78, 5) is 47.2. The van der Waals surface area contributed by atoms with Crippen molar-refractivity contribution in [3.05, 3.63) is 30.1 Å². The van der Waals surface area contributed by atoms with Crippen LogP contribution in [0, 0.1) is 0 Å². The molecule has 0 saturated carbocycles. The van der Waals surface area contributed by atoms with Crippen LogP contribution in [0.15, 0.2) is 24.5 Å². The Kier molecular flexibility index (Phi) is 12.4. The van der Waals surface area contributed by atoms with Crippen molar-refractivity contribution in [2.24, 2.45) is 0 Å². The average Bonchev–Trinajstić information content (AvgIpc) is 2.83. The van der Waals surface area contributed by atoms with E-state index in [1.807, 2.05) is 12.1 Å². The van der Waals surface area contributed by atoms with Gasteiger partial charge in [-0.05, 0) is 100 Å². The van der Waals surface area contributed by atoms with Crippen LogP contribution in [0.1, 0.15) is 94.1 Å². The van der Waals surface area contributed by atoms with Crippen LogP contribution in [-0.4, -0.2) is 87.3 Å². The fourth-order valence-electron chi connectivity index (χ4n) is 4.83. The van der Waals surface area contributed by atoms with Gasteiger partial charge in [-0.3, -0.25) is 19.2 Å². The Balaban J connectivity index is 2.36. The minimum absolute atomic E-state index is 0.00738. The minimum atomic E-state index is -3.53. The number of rotatable bonds is 10. The first-order valence-electron chi connectivity index (χ1n) is 15.0. The largest absolute Gasteiger partial charge is 0.459 e. The summed E-state index contributed by atoms with van der Waals surface area (Å²) in [5.74, 6) is -0.566. The van der Waals surface area contributed by atoms with Crippen molar-refractivity contribution in [1.82, 2.24) is 14.8 Å². The summed E-state index contributed by atoms with van der Waals surface area (Å²) >= 11 is 0. The second-order valence-electron chi connectivity index (χ2n) is 14.0. The van der Waals surface area contributed by atoms with Gasteiger partial charge < -0.3 is 18.7 Å². The fourth-order valence-corrected chi connectivity index (χ4v) is 7.84. The molecule has 0 radical (unpaired) electrons. The normalized spacial score (nSPS) is 21.6. The van der Waals surface area contributed by atoms with E-state index in [-0.39, 0.29) is 32.3 Å². The zero-order chi connectivity index (χ0) is 32.7. The first-order chi connectivity index (χ1) is 19.7. The van der Waals surface area contributed by atoms with Crippen molar-refractivity contribution in [3.63, 3.8) is 0 Å². The number of imide groups is 1. The van der Waals surface area contributed by atoms with Crippen molar-refractivity contribution < 1.29 is 37.7 Å². The molecule has 0 aromatic carbocycles. The van der Waals surface area contributed by atoms with Gasteiger partial charge >= 0.3 is 18.2 Å². The highest BCUT2D eigenvalue weighted by Crippen LogP contribution is 2.64. The fraction of sp³-hybridized carbons (Fsp3) is 0.742. The molecule has 2 unspecified atom stereocenters. The molecule has 0 N–H and O–H groups in total. The summed E-state index contributed by atoms with van der Waals surface area (Å²) in [5.41, 5.74) is -1.47. The molecule has 43 heavy (non-hydrogen) atoms. The Morgan fingerprint density at radius 1 is 0.953 bits per heavy atom. The second-order valence-corrected chi connectivity index (χ2v) is 16.9. The number of nitrogens with zero attached hydrogens (tertiary/aromatic N) is 3. The van der Waals surface area contributed by atoms with Gasteiger partial charge in [0.15, 0.2) is 5.16 Å². The SMILES string of the molecule is CCOP1(=O)CCN(Cc2cccnc2)CC1(CCCCN(C(=O)OC(C)(C)C)C(=O)OC(C)(C)C)C(=O)OC(C)(C)C. The standard InChI is InChI=1S/C31H52N3O8P/c1-11-39-43(38)20-19-33(22-24-15-14-17-32-21-24)23-31(43,25(35)40-28(2,3)4)16-12-13-18-34(26(36)41-29(5,6)7)27(37)42-30(8,9)10/h14-15,17,21H,11-13,16,18-20,22-23H2,1-10H3. The molecule has 11 nitrogen and oxygen atoms in total. The van der Waals surface area contributed by atoms with Crippen LogP contribution in [0.5, 0.6) is 0 Å². The number of aromatic nitrogens is 1. The number of unbranched alkanes of at least 4 members (excludes halogenated alkanes) is 1. The van der Waals surface area contributed by atoms with Crippen molar-refractivity contribution in [3.8, 4) is 0 Å². The Labute approximate surface area is 257 Å². The molecule has 2 amide bonds. The van der Waals surface area contributed by atoms with Crippen LogP contribution in [0.3, 0.4) is 0 Å². The summed E-state index contributed by atoms with van der Waals surface area (Å²) in [6, 6.07) is 3.81. The lowest BCUT2D eigenvalue weighted by Gasteiger charge is -2.46. The van der Waals surface area contributed by atoms with E-state index in [1.54, 1.807) is 81.6 Å². The van der Waals surface area contributed by atoms with E-state index in [4.69, 9.17) is 18.7 Å². The number of carbonyl (C=O) groups is 3. The van der Waals surface area contributed by atoms with Crippen LogP contribution in [0.2, 0.25) is 0 Å². The number of ether oxygens (including phenoxy) is 3. The maximum atomic E-state index is 14.5. The lowest BCUT2D eigenvalue weighted by atomic mass is 9.98. The van der Waals surface area contributed by atoms with Crippen molar-refractivity contribution in [2.75, 3.05) is 32.4 Å². The first kappa shape index (κ1) is 36.7. The summed E-state index contributed by atoms with van der Waals surface area (Å²) in [6.07, 6.45) is 2.89. The van der Waals surface area contributed by atoms with Crippen LogP contribution < -0.4 is 0 Å². The molecular formula is C31H52N3O8P. The lowest BCUT2D eigenvalue weighted by molar-refractivity contribution is -0.160. The molecule has 2 atom stereocenters. The summed E-state index contributed by atoms with van der Waals surface area (Å²) < 4.78 is 37.3. The van der Waals surface area contributed by atoms with Gasteiger partial charge in [-0.2, -0.15) is 0 Å². The molecule has 0 aliphatic carbocycles. The lowest BCUT2D eigenvalue weighted by Crippen LogP contribution is -2.56. The van der Waals surface area contributed by atoms with Gasteiger partial charge in [-0.25, -0.2) is 14.5 Å². The molecule has 1 aliphatic rings. The van der Waals surface area contributed by atoms with Crippen molar-refractivity contribution in [2.45, 2.75) is 117 Å². The zero-order valence-corrected chi connectivity index (χ0v) is 28.6. The number of hydrogen-bond donors (Lipinski definition) is 0. The van der Waals surface area contributed by atoms with Gasteiger partial charge in [-0.15, -0.1) is 0 Å². The molecule has 0 bridgehead atoms. The van der Waals surface area contributed by atoms with E-state index in [2.05, 4.69) is 9.88 Å². The van der Waals surface area contributed by atoms with Crippen molar-refractivity contribution in [1.29, 1.82) is 0 Å². The summed E-state index contributed by atoms with van der Waals surface area (Å²) in [6.45, 7) is 18.8. The molecule has 1 saturated heterocycles. The Bertz CT molecular complexity index is 1110. The minimum Gasteiger partial charge on any atom is -0.459 e. The first-order valence-corrected chi connectivity index (χ1v) is 16.8. The third-order valence-electron chi connectivity index (χ3n) is 6.54.